The van der Waals surface area contributed by atoms with Crippen LogP contribution in [-0.2, 0) is 26.2 Å². The Bertz CT molecular complexity index is 1480. The van der Waals surface area contributed by atoms with Crippen molar-refractivity contribution in [1.82, 2.24) is 45.6 Å². The molecule has 0 aliphatic rings. The van der Waals surface area contributed by atoms with Gasteiger partial charge in [-0.05, 0) is 30.3 Å². The molecule has 0 saturated heterocycles. The second-order valence-electron chi connectivity index (χ2n) is 8.57. The van der Waals surface area contributed by atoms with Crippen molar-refractivity contribution in [3.8, 4) is 5.75 Å². The summed E-state index contributed by atoms with van der Waals surface area (Å²) in [5.74, 6) is -2.75. The van der Waals surface area contributed by atoms with E-state index in [1.54, 1.807) is 24.4 Å². The van der Waals surface area contributed by atoms with Crippen LogP contribution >= 0.6 is 0 Å². The molecule has 17 heteroatoms. The van der Waals surface area contributed by atoms with Crippen LogP contribution in [0.2, 0.25) is 0 Å². The predicted molar refractivity (Wildman–Crippen MR) is 129 cm³/mol. The molecule has 1 aromatic carbocycles. The van der Waals surface area contributed by atoms with Crippen molar-refractivity contribution in [3.05, 3.63) is 83.5 Å². The highest BCUT2D eigenvalue weighted by Gasteiger charge is 2.31. The Hall–Kier alpha value is -4.96. The standard InChI is InChI=1S/C24H22F5N9O3/c25-16(12-38-14-21(34-36-38)23(40)32-11-17-3-1-2-7-30-17)6-8-37-13-20(33-35-37)22(39)31-10-15-9-18(4-5-19(15)26)41-24(27,28)29/h1-5,7,9,13-14,16H,6,8,10-12H2,(H,31,39)(H,32,40). The maximum Gasteiger partial charge on any atom is 0.573 e. The van der Waals surface area contributed by atoms with Crippen molar-refractivity contribution in [3.63, 3.8) is 0 Å². The summed E-state index contributed by atoms with van der Waals surface area (Å²) in [5, 5.41) is 19.9. The number of benzene rings is 1. The van der Waals surface area contributed by atoms with Gasteiger partial charge < -0.3 is 15.4 Å². The smallest absolute Gasteiger partial charge is 0.406 e. The van der Waals surface area contributed by atoms with Crippen molar-refractivity contribution in [2.24, 2.45) is 0 Å². The summed E-state index contributed by atoms with van der Waals surface area (Å²) < 4.78 is 71.8. The number of aryl methyl sites for hydroxylation is 1. The fourth-order valence-electron chi connectivity index (χ4n) is 3.48. The molecule has 2 N–H and O–H groups in total. The van der Waals surface area contributed by atoms with Gasteiger partial charge in [-0.25, -0.2) is 13.5 Å². The molecule has 216 valence electrons. The third kappa shape index (κ3) is 8.77. The highest BCUT2D eigenvalue weighted by Crippen LogP contribution is 2.24. The number of pyridine rings is 1. The molecule has 0 aliphatic heterocycles. The fraction of sp³-hybridized carbons (Fsp3) is 0.292. The van der Waals surface area contributed by atoms with E-state index in [0.29, 0.717) is 5.69 Å². The largest absolute Gasteiger partial charge is 0.573 e. The third-order valence-corrected chi connectivity index (χ3v) is 5.45. The molecule has 4 rings (SSSR count). The number of nitrogens with zero attached hydrogens (tertiary/aromatic N) is 7. The van der Waals surface area contributed by atoms with Gasteiger partial charge in [0.1, 0.15) is 17.7 Å². The van der Waals surface area contributed by atoms with Gasteiger partial charge in [0.05, 0.1) is 31.2 Å². The van der Waals surface area contributed by atoms with Crippen LogP contribution in [0.5, 0.6) is 5.75 Å². The van der Waals surface area contributed by atoms with Crippen molar-refractivity contribution in [2.45, 2.75) is 45.1 Å². The van der Waals surface area contributed by atoms with Gasteiger partial charge in [0.2, 0.25) is 0 Å². The topological polar surface area (TPSA) is 142 Å². The maximum absolute atomic E-state index is 14.5. The van der Waals surface area contributed by atoms with Gasteiger partial charge in [0.25, 0.3) is 11.8 Å². The lowest BCUT2D eigenvalue weighted by Crippen LogP contribution is -2.24. The molecule has 0 bridgehead atoms. The van der Waals surface area contributed by atoms with E-state index in [1.165, 1.54) is 21.8 Å². The predicted octanol–water partition coefficient (Wildman–Crippen LogP) is 2.59. The lowest BCUT2D eigenvalue weighted by atomic mass is 10.2. The van der Waals surface area contributed by atoms with E-state index in [9.17, 15) is 31.5 Å². The first-order chi connectivity index (χ1) is 19.6. The van der Waals surface area contributed by atoms with Crippen LogP contribution in [0.3, 0.4) is 0 Å². The van der Waals surface area contributed by atoms with E-state index in [4.69, 9.17) is 0 Å². The number of alkyl halides is 4. The average molecular weight is 579 g/mol. The van der Waals surface area contributed by atoms with Crippen molar-refractivity contribution in [2.75, 3.05) is 0 Å². The number of halogens is 5. The van der Waals surface area contributed by atoms with Gasteiger partial charge in [-0.15, -0.1) is 23.4 Å². The lowest BCUT2D eigenvalue weighted by Gasteiger charge is -2.11. The first kappa shape index (κ1) is 29.0. The molecule has 0 spiro atoms. The average Bonchev–Trinajstić information content (AvgIpc) is 3.60. The number of amides is 2. The molecule has 4 aromatic rings. The van der Waals surface area contributed by atoms with Crippen LogP contribution < -0.4 is 15.4 Å². The Kier molecular flexibility index (Phi) is 9.15. The number of ether oxygens (including phenoxy) is 1. The molecule has 1 atom stereocenters. The zero-order chi connectivity index (χ0) is 29.4. The Morgan fingerprint density at radius 3 is 2.32 bits per heavy atom. The van der Waals surface area contributed by atoms with E-state index in [2.05, 4.69) is 41.0 Å². The summed E-state index contributed by atoms with van der Waals surface area (Å²) in [5.41, 5.74) is 0.264. The quantitative estimate of drug-likeness (QED) is 0.244. The van der Waals surface area contributed by atoms with Crippen LogP contribution in [0, 0.1) is 5.82 Å². The first-order valence-corrected chi connectivity index (χ1v) is 12.0. The molecular formula is C24H22F5N9O3. The number of carbonyl (C=O) groups is 2. The van der Waals surface area contributed by atoms with Gasteiger partial charge in [-0.1, -0.05) is 16.5 Å². The molecule has 0 saturated carbocycles. The van der Waals surface area contributed by atoms with Crippen molar-refractivity contribution >= 4 is 11.8 Å². The summed E-state index contributed by atoms with van der Waals surface area (Å²) in [7, 11) is 0. The normalized spacial score (nSPS) is 12.1. The number of rotatable bonds is 12. The molecule has 12 nitrogen and oxygen atoms in total. The highest BCUT2D eigenvalue weighted by atomic mass is 19.4. The molecule has 41 heavy (non-hydrogen) atoms. The summed E-state index contributed by atoms with van der Waals surface area (Å²) in [4.78, 5) is 28.7. The summed E-state index contributed by atoms with van der Waals surface area (Å²) in [6, 6.07) is 7.68. The van der Waals surface area contributed by atoms with Crippen LogP contribution in [0.15, 0.2) is 55.0 Å². The van der Waals surface area contributed by atoms with Gasteiger partial charge in [0, 0.05) is 31.3 Å². The molecule has 0 aliphatic carbocycles. The van der Waals surface area contributed by atoms with Crippen molar-refractivity contribution in [1.29, 1.82) is 0 Å². The summed E-state index contributed by atoms with van der Waals surface area (Å²) in [6.45, 7) is -0.401. The molecule has 2 amide bonds. The Morgan fingerprint density at radius 2 is 1.63 bits per heavy atom. The van der Waals surface area contributed by atoms with Crippen LogP contribution in [0.1, 0.15) is 38.7 Å². The van der Waals surface area contributed by atoms with Gasteiger partial charge in [-0.3, -0.25) is 19.3 Å². The van der Waals surface area contributed by atoms with Crippen LogP contribution in [-0.4, -0.2) is 59.3 Å². The second kappa shape index (κ2) is 12.9. The number of hydrogen-bond donors (Lipinski definition) is 2. The molecule has 0 radical (unpaired) electrons. The first-order valence-electron chi connectivity index (χ1n) is 12.0. The molecular weight excluding hydrogens is 557 g/mol. The Labute approximate surface area is 228 Å². The molecule has 1 unspecified atom stereocenters. The van der Waals surface area contributed by atoms with E-state index in [0.717, 1.165) is 18.2 Å². The minimum absolute atomic E-state index is 0.0135. The van der Waals surface area contributed by atoms with Gasteiger partial charge in [0.15, 0.2) is 11.4 Å². The fourth-order valence-corrected chi connectivity index (χ4v) is 3.48. The van der Waals surface area contributed by atoms with E-state index in [-0.39, 0.29) is 43.0 Å². The van der Waals surface area contributed by atoms with E-state index < -0.39 is 42.5 Å². The second-order valence-corrected chi connectivity index (χ2v) is 8.57. The monoisotopic (exact) mass is 579 g/mol. The van der Waals surface area contributed by atoms with Gasteiger partial charge >= 0.3 is 6.36 Å². The maximum atomic E-state index is 14.5. The SMILES string of the molecule is O=C(NCc1cc(OC(F)(F)F)ccc1F)c1cn(CCC(F)Cn2cc(C(=O)NCc3ccccn3)nn2)nn1. The summed E-state index contributed by atoms with van der Waals surface area (Å²) >= 11 is 0. The molecule has 3 aromatic heterocycles. The van der Waals surface area contributed by atoms with Crippen molar-refractivity contribution < 1.29 is 36.3 Å². The zero-order valence-corrected chi connectivity index (χ0v) is 21.1. The highest BCUT2D eigenvalue weighted by molar-refractivity contribution is 5.92. The zero-order valence-electron chi connectivity index (χ0n) is 21.1. The number of hydrogen-bond acceptors (Lipinski definition) is 8. The van der Waals surface area contributed by atoms with E-state index >= 15 is 0 Å². The minimum atomic E-state index is -4.95. The number of nitrogens with one attached hydrogen (secondary N) is 2. The number of aromatic nitrogens is 7. The lowest BCUT2D eigenvalue weighted by molar-refractivity contribution is -0.274. The van der Waals surface area contributed by atoms with Gasteiger partial charge in [-0.2, -0.15) is 0 Å². The minimum Gasteiger partial charge on any atom is -0.406 e. The molecule has 3 heterocycles. The van der Waals surface area contributed by atoms with Crippen LogP contribution in [0.25, 0.3) is 0 Å². The Morgan fingerprint density at radius 1 is 0.951 bits per heavy atom. The summed E-state index contributed by atoms with van der Waals surface area (Å²) in [6.07, 6.45) is -2.25. The third-order valence-electron chi connectivity index (χ3n) is 5.45. The molecule has 0 fully saturated rings. The van der Waals surface area contributed by atoms with Crippen LogP contribution in [0.4, 0.5) is 22.0 Å². The number of carbonyl (C=O) groups excluding carboxylic acids is 2. The van der Waals surface area contributed by atoms with E-state index in [1.807, 2.05) is 0 Å². The Balaban J connectivity index is 1.22.